The Kier molecular flexibility index (Phi) is 2.99. The van der Waals surface area contributed by atoms with Crippen molar-refractivity contribution in [3.8, 4) is 0 Å². The van der Waals surface area contributed by atoms with Gasteiger partial charge < -0.3 is 4.57 Å². The first-order valence-electron chi connectivity index (χ1n) is 4.53. The fourth-order valence-electron chi connectivity index (χ4n) is 1.07. The number of aryl methyl sites for hydroxylation is 2. The van der Waals surface area contributed by atoms with Crippen LogP contribution >= 0.6 is 0 Å². The number of aromatic nitrogens is 2. The van der Waals surface area contributed by atoms with Gasteiger partial charge in [-0.25, -0.2) is 13.4 Å². The maximum Gasteiger partial charge on any atom is 0.158 e. The van der Waals surface area contributed by atoms with Gasteiger partial charge in [-0.1, -0.05) is 0 Å². The molecule has 0 unspecified atom stereocenters. The Morgan fingerprint density at radius 2 is 2.07 bits per heavy atom. The normalized spacial score (nSPS) is 12.4. The van der Waals surface area contributed by atoms with Gasteiger partial charge in [-0.05, 0) is 20.8 Å². The van der Waals surface area contributed by atoms with Gasteiger partial charge in [0.25, 0.3) is 0 Å². The molecular weight excluding hydrogens is 200 g/mol. The molecular formula is C9H16N2O2S. The molecule has 0 bridgehead atoms. The Labute approximate surface area is 84.9 Å². The van der Waals surface area contributed by atoms with E-state index >= 15 is 0 Å². The van der Waals surface area contributed by atoms with E-state index in [0.717, 1.165) is 5.82 Å². The summed E-state index contributed by atoms with van der Waals surface area (Å²) in [7, 11) is -1.18. The fraction of sp³-hybridized carbons (Fsp3) is 0.667. The topological polar surface area (TPSA) is 52.0 Å². The van der Waals surface area contributed by atoms with Crippen molar-refractivity contribution in [3.63, 3.8) is 0 Å². The lowest BCUT2D eigenvalue weighted by atomic mass is 10.5. The predicted molar refractivity (Wildman–Crippen MR) is 55.7 cm³/mol. The first kappa shape index (κ1) is 11.2. The van der Waals surface area contributed by atoms with Gasteiger partial charge in [0.05, 0.1) is 16.7 Å². The Hall–Kier alpha value is -0.840. The smallest absolute Gasteiger partial charge is 0.158 e. The van der Waals surface area contributed by atoms with Crippen LogP contribution in [0.2, 0.25) is 0 Å². The van der Waals surface area contributed by atoms with Gasteiger partial charge in [0.15, 0.2) is 9.84 Å². The number of hydrogen-bond acceptors (Lipinski definition) is 3. The van der Waals surface area contributed by atoms with E-state index in [0.29, 0.717) is 5.69 Å². The third kappa shape index (κ3) is 2.35. The average Bonchev–Trinajstić information content (AvgIpc) is 2.29. The third-order valence-corrected chi connectivity index (χ3v) is 4.36. The minimum atomic E-state index is -3.03. The number of nitrogens with zero attached hydrogens (tertiary/aromatic N) is 2. The lowest BCUT2D eigenvalue weighted by Gasteiger charge is -2.04. The number of sulfone groups is 1. The number of imidazole rings is 1. The molecule has 5 heteroatoms. The molecule has 80 valence electrons. The molecule has 1 aromatic rings. The standard InChI is InChI=1S/C9H16N2O2S/c1-7(2)14(12,13)6-9-5-11(4)8(3)10-9/h5,7H,6H2,1-4H3. The lowest BCUT2D eigenvalue weighted by Crippen LogP contribution is -2.16. The van der Waals surface area contributed by atoms with E-state index in [9.17, 15) is 8.42 Å². The lowest BCUT2D eigenvalue weighted by molar-refractivity contribution is 0.586. The van der Waals surface area contributed by atoms with Gasteiger partial charge in [-0.3, -0.25) is 0 Å². The quantitative estimate of drug-likeness (QED) is 0.759. The maximum atomic E-state index is 11.6. The second kappa shape index (κ2) is 3.73. The molecule has 0 saturated carbocycles. The zero-order valence-electron chi connectivity index (χ0n) is 8.98. The highest BCUT2D eigenvalue weighted by Gasteiger charge is 2.18. The minimum Gasteiger partial charge on any atom is -0.338 e. The van der Waals surface area contributed by atoms with Crippen LogP contribution in [0.25, 0.3) is 0 Å². The summed E-state index contributed by atoms with van der Waals surface area (Å²) in [5.74, 6) is 0.866. The molecule has 0 saturated heterocycles. The van der Waals surface area contributed by atoms with Gasteiger partial charge in [-0.2, -0.15) is 0 Å². The molecule has 0 N–H and O–H groups in total. The molecule has 0 fully saturated rings. The van der Waals surface area contributed by atoms with Crippen LogP contribution in [0.1, 0.15) is 25.4 Å². The summed E-state index contributed by atoms with van der Waals surface area (Å²) in [6.45, 7) is 5.22. The molecule has 1 heterocycles. The maximum absolute atomic E-state index is 11.6. The second-order valence-corrected chi connectivity index (χ2v) is 6.30. The monoisotopic (exact) mass is 216 g/mol. The SMILES string of the molecule is Cc1nc(CS(=O)(=O)C(C)C)cn1C. The average molecular weight is 216 g/mol. The molecule has 14 heavy (non-hydrogen) atoms. The van der Waals surface area contributed by atoms with Crippen LogP contribution in [-0.2, 0) is 22.6 Å². The molecule has 1 rings (SSSR count). The molecule has 0 aliphatic heterocycles. The summed E-state index contributed by atoms with van der Waals surface area (Å²) >= 11 is 0. The Balaban J connectivity index is 2.90. The van der Waals surface area contributed by atoms with Crippen molar-refractivity contribution in [2.75, 3.05) is 0 Å². The minimum absolute atomic E-state index is 0.0341. The summed E-state index contributed by atoms with van der Waals surface area (Å²) in [6.07, 6.45) is 1.76. The van der Waals surface area contributed by atoms with E-state index in [2.05, 4.69) is 4.98 Å². The molecule has 0 aliphatic rings. The summed E-state index contributed by atoms with van der Waals surface area (Å²) < 4.78 is 25.0. The van der Waals surface area contributed by atoms with Crippen LogP contribution in [0.15, 0.2) is 6.20 Å². The molecule has 0 aliphatic carbocycles. The van der Waals surface area contributed by atoms with E-state index in [4.69, 9.17) is 0 Å². The summed E-state index contributed by atoms with van der Waals surface area (Å²) in [5, 5.41) is -0.343. The van der Waals surface area contributed by atoms with E-state index in [1.165, 1.54) is 0 Å². The largest absolute Gasteiger partial charge is 0.338 e. The van der Waals surface area contributed by atoms with Crippen LogP contribution in [0.3, 0.4) is 0 Å². The van der Waals surface area contributed by atoms with Crippen molar-refractivity contribution in [3.05, 3.63) is 17.7 Å². The van der Waals surface area contributed by atoms with E-state index in [1.807, 2.05) is 18.5 Å². The zero-order valence-corrected chi connectivity index (χ0v) is 9.80. The first-order valence-corrected chi connectivity index (χ1v) is 6.25. The van der Waals surface area contributed by atoms with Gasteiger partial charge in [-0.15, -0.1) is 0 Å². The van der Waals surface area contributed by atoms with E-state index in [-0.39, 0.29) is 11.0 Å². The molecule has 0 spiro atoms. The van der Waals surface area contributed by atoms with Crippen LogP contribution in [0.5, 0.6) is 0 Å². The van der Waals surface area contributed by atoms with Crippen LogP contribution < -0.4 is 0 Å². The first-order chi connectivity index (χ1) is 6.33. The fourth-order valence-corrected chi connectivity index (χ4v) is 1.96. The summed E-state index contributed by atoms with van der Waals surface area (Å²) in [6, 6.07) is 0. The van der Waals surface area contributed by atoms with Gasteiger partial charge in [0, 0.05) is 13.2 Å². The molecule has 0 aromatic carbocycles. The Morgan fingerprint density at radius 1 is 1.50 bits per heavy atom. The van der Waals surface area contributed by atoms with Crippen LogP contribution in [0.4, 0.5) is 0 Å². The van der Waals surface area contributed by atoms with Gasteiger partial charge in [0.1, 0.15) is 5.82 Å². The molecule has 4 nitrogen and oxygen atoms in total. The van der Waals surface area contributed by atoms with Crippen LogP contribution in [-0.4, -0.2) is 23.2 Å². The van der Waals surface area contributed by atoms with Crippen molar-refractivity contribution in [1.82, 2.24) is 9.55 Å². The highest BCUT2D eigenvalue weighted by Crippen LogP contribution is 2.10. The summed E-state index contributed by atoms with van der Waals surface area (Å²) in [4.78, 5) is 4.16. The summed E-state index contributed by atoms with van der Waals surface area (Å²) in [5.41, 5.74) is 0.624. The predicted octanol–water partition coefficient (Wildman–Crippen LogP) is 1.05. The highest BCUT2D eigenvalue weighted by molar-refractivity contribution is 7.91. The van der Waals surface area contributed by atoms with E-state index in [1.54, 1.807) is 20.0 Å². The molecule has 1 aromatic heterocycles. The second-order valence-electron chi connectivity index (χ2n) is 3.75. The molecule has 0 atom stereocenters. The Morgan fingerprint density at radius 3 is 2.43 bits per heavy atom. The van der Waals surface area contributed by atoms with E-state index < -0.39 is 9.84 Å². The third-order valence-electron chi connectivity index (χ3n) is 2.23. The van der Waals surface area contributed by atoms with Gasteiger partial charge in [0.2, 0.25) is 0 Å². The zero-order chi connectivity index (χ0) is 10.9. The van der Waals surface area contributed by atoms with Crippen molar-refractivity contribution >= 4 is 9.84 Å². The van der Waals surface area contributed by atoms with Crippen molar-refractivity contribution in [2.24, 2.45) is 7.05 Å². The Bertz CT molecular complexity index is 399. The highest BCUT2D eigenvalue weighted by atomic mass is 32.2. The molecule has 0 radical (unpaired) electrons. The van der Waals surface area contributed by atoms with Crippen LogP contribution in [0, 0.1) is 6.92 Å². The van der Waals surface area contributed by atoms with Crippen molar-refractivity contribution in [2.45, 2.75) is 31.8 Å². The number of rotatable bonds is 3. The van der Waals surface area contributed by atoms with Gasteiger partial charge >= 0.3 is 0 Å². The molecule has 0 amide bonds. The number of hydrogen-bond donors (Lipinski definition) is 0. The van der Waals surface area contributed by atoms with Crippen molar-refractivity contribution < 1.29 is 8.42 Å². The van der Waals surface area contributed by atoms with Crippen molar-refractivity contribution in [1.29, 1.82) is 0 Å².